The molecular weight excluding hydrogens is 249 g/mol. The van der Waals surface area contributed by atoms with E-state index in [1.165, 1.54) is 0 Å². The van der Waals surface area contributed by atoms with E-state index >= 15 is 0 Å². The third kappa shape index (κ3) is 4.94. The molecule has 0 fully saturated rings. The number of hydrogen-bond donors (Lipinski definition) is 1. The van der Waals surface area contributed by atoms with E-state index in [0.29, 0.717) is 12.8 Å². The fourth-order valence-corrected chi connectivity index (χ4v) is 2.34. The lowest BCUT2D eigenvalue weighted by Gasteiger charge is -2.14. The Morgan fingerprint density at radius 1 is 1.33 bits per heavy atom. The molecule has 4 nitrogen and oxygen atoms in total. The van der Waals surface area contributed by atoms with Gasteiger partial charge in [-0.05, 0) is 12.0 Å². The molecule has 1 amide bonds. The number of hydrogen-bond acceptors (Lipinski definition) is 3. The van der Waals surface area contributed by atoms with Gasteiger partial charge < -0.3 is 10.2 Å². The third-order valence-electron chi connectivity index (χ3n) is 2.65. The maximum Gasteiger partial charge on any atom is 0.334 e. The van der Waals surface area contributed by atoms with Gasteiger partial charge >= 0.3 is 8.03 Å². The number of carbonyl (C=O) groups excluding carboxylic acids is 1. The minimum absolute atomic E-state index is 0.119. The SMILES string of the molecule is CC(C)C(NC(=O)CCc1ccccc1)[P+](=O)[O-]. The predicted molar refractivity (Wildman–Crippen MR) is 69.1 cm³/mol. The summed E-state index contributed by atoms with van der Waals surface area (Å²) in [6.07, 6.45) is 0.920. The van der Waals surface area contributed by atoms with Crippen LogP contribution in [-0.2, 0) is 15.8 Å². The topological polar surface area (TPSA) is 69.2 Å². The molecule has 5 heteroatoms. The van der Waals surface area contributed by atoms with Crippen LogP contribution >= 0.6 is 8.03 Å². The first-order valence-electron chi connectivity index (χ1n) is 5.97. The number of benzene rings is 1. The van der Waals surface area contributed by atoms with E-state index in [0.717, 1.165) is 5.56 Å². The second kappa shape index (κ2) is 7.24. The van der Waals surface area contributed by atoms with Crippen LogP contribution in [0.3, 0.4) is 0 Å². The van der Waals surface area contributed by atoms with Crippen molar-refractivity contribution in [3.05, 3.63) is 35.9 Å². The number of rotatable bonds is 6. The van der Waals surface area contributed by atoms with Gasteiger partial charge in [0.25, 0.3) is 0 Å². The van der Waals surface area contributed by atoms with E-state index in [9.17, 15) is 14.3 Å². The average Bonchev–Trinajstić information content (AvgIpc) is 2.34. The summed E-state index contributed by atoms with van der Waals surface area (Å²) < 4.78 is 11.0. The highest BCUT2D eigenvalue weighted by atomic mass is 31.1. The van der Waals surface area contributed by atoms with Gasteiger partial charge in [0.1, 0.15) is 0 Å². The normalized spacial score (nSPS) is 13.2. The molecule has 1 N–H and O–H groups in total. The molecule has 0 radical (unpaired) electrons. The first-order chi connectivity index (χ1) is 8.50. The molecule has 2 atom stereocenters. The highest BCUT2D eigenvalue weighted by molar-refractivity contribution is 7.37. The van der Waals surface area contributed by atoms with Crippen LogP contribution in [0.5, 0.6) is 0 Å². The molecule has 0 aromatic heterocycles. The van der Waals surface area contributed by atoms with Crippen LogP contribution in [0.25, 0.3) is 0 Å². The third-order valence-corrected chi connectivity index (χ3v) is 3.83. The van der Waals surface area contributed by atoms with Gasteiger partial charge in [0.15, 0.2) is 0 Å². The van der Waals surface area contributed by atoms with Gasteiger partial charge in [-0.1, -0.05) is 48.7 Å². The Balaban J connectivity index is 2.44. The lowest BCUT2D eigenvalue weighted by molar-refractivity contribution is -0.168. The van der Waals surface area contributed by atoms with Crippen molar-refractivity contribution in [3.63, 3.8) is 0 Å². The summed E-state index contributed by atoms with van der Waals surface area (Å²) in [5.41, 5.74) is 1.07. The molecule has 2 unspecified atom stereocenters. The van der Waals surface area contributed by atoms with Crippen molar-refractivity contribution in [1.29, 1.82) is 0 Å². The van der Waals surface area contributed by atoms with Crippen molar-refractivity contribution in [2.24, 2.45) is 5.92 Å². The largest absolute Gasteiger partial charge is 0.594 e. The molecule has 0 aliphatic carbocycles. The lowest BCUT2D eigenvalue weighted by atomic mass is 10.1. The zero-order valence-electron chi connectivity index (χ0n) is 10.6. The quantitative estimate of drug-likeness (QED) is 0.799. The Morgan fingerprint density at radius 2 is 1.94 bits per heavy atom. The predicted octanol–water partition coefficient (Wildman–Crippen LogP) is 1.82. The fourth-order valence-electron chi connectivity index (χ4n) is 1.60. The van der Waals surface area contributed by atoms with E-state index < -0.39 is 13.8 Å². The summed E-state index contributed by atoms with van der Waals surface area (Å²) in [5, 5.41) is 2.55. The van der Waals surface area contributed by atoms with E-state index in [1.54, 1.807) is 13.8 Å². The molecule has 1 aromatic rings. The molecule has 0 saturated heterocycles. The maximum atomic E-state index is 11.7. The number of carbonyl (C=O) groups is 1. The van der Waals surface area contributed by atoms with Crippen LogP contribution in [0.4, 0.5) is 0 Å². The second-order valence-corrected chi connectivity index (χ2v) is 5.65. The standard InChI is InChI=1S/C13H18NO3P/c1-10(2)13(18(16)17)14-12(15)9-8-11-6-4-3-5-7-11/h3-7,10,13H,8-9H2,1-2H3,(H,14,15). The van der Waals surface area contributed by atoms with Crippen molar-refractivity contribution >= 4 is 13.9 Å². The molecule has 1 rings (SSSR count). The molecule has 0 bridgehead atoms. The van der Waals surface area contributed by atoms with Crippen LogP contribution in [0.15, 0.2) is 30.3 Å². The Hall–Kier alpha value is -1.25. The van der Waals surface area contributed by atoms with E-state index in [2.05, 4.69) is 5.32 Å². The number of aryl methyl sites for hydroxylation is 1. The first-order valence-corrected chi connectivity index (χ1v) is 7.22. The van der Waals surface area contributed by atoms with Crippen molar-refractivity contribution in [3.8, 4) is 0 Å². The van der Waals surface area contributed by atoms with Crippen molar-refractivity contribution in [2.75, 3.05) is 0 Å². The number of nitrogens with one attached hydrogen (secondary N) is 1. The Morgan fingerprint density at radius 3 is 2.44 bits per heavy atom. The monoisotopic (exact) mass is 267 g/mol. The van der Waals surface area contributed by atoms with Crippen molar-refractivity contribution in [1.82, 2.24) is 5.32 Å². The molecule has 0 heterocycles. The molecule has 18 heavy (non-hydrogen) atoms. The molecule has 0 spiro atoms. The van der Waals surface area contributed by atoms with Gasteiger partial charge in [-0.2, -0.15) is 0 Å². The molecule has 98 valence electrons. The lowest BCUT2D eigenvalue weighted by Crippen LogP contribution is -2.37. The molecular formula is C13H18NO3P. The van der Waals surface area contributed by atoms with Crippen LogP contribution in [0.2, 0.25) is 0 Å². The molecule has 0 aliphatic rings. The fraction of sp³-hybridized carbons (Fsp3) is 0.462. The van der Waals surface area contributed by atoms with Gasteiger partial charge in [0.05, 0.1) is 0 Å². The van der Waals surface area contributed by atoms with Gasteiger partial charge in [-0.3, -0.25) is 4.79 Å². The highest BCUT2D eigenvalue weighted by Crippen LogP contribution is 2.22. The minimum atomic E-state index is -2.63. The van der Waals surface area contributed by atoms with Crippen LogP contribution < -0.4 is 10.2 Å². The van der Waals surface area contributed by atoms with Crippen molar-refractivity contribution in [2.45, 2.75) is 32.5 Å². The Labute approximate surface area is 108 Å². The molecule has 0 aliphatic heterocycles. The summed E-state index contributed by atoms with van der Waals surface area (Å²) in [6, 6.07) is 9.64. The molecule has 1 aromatic carbocycles. The van der Waals surface area contributed by atoms with E-state index in [1.807, 2.05) is 30.3 Å². The van der Waals surface area contributed by atoms with Crippen LogP contribution in [0.1, 0.15) is 25.8 Å². The Bertz CT molecular complexity index is 406. The average molecular weight is 267 g/mol. The molecule has 0 saturated carbocycles. The zero-order valence-corrected chi connectivity index (χ0v) is 11.5. The zero-order chi connectivity index (χ0) is 13.5. The van der Waals surface area contributed by atoms with Crippen LogP contribution in [-0.4, -0.2) is 11.7 Å². The second-order valence-electron chi connectivity index (χ2n) is 4.53. The first kappa shape index (κ1) is 14.8. The van der Waals surface area contributed by atoms with Gasteiger partial charge in [-0.15, -0.1) is 0 Å². The van der Waals surface area contributed by atoms with Gasteiger partial charge in [0.2, 0.25) is 11.7 Å². The minimum Gasteiger partial charge on any atom is -0.594 e. The van der Waals surface area contributed by atoms with Crippen LogP contribution in [0, 0.1) is 5.92 Å². The van der Waals surface area contributed by atoms with Gasteiger partial charge in [-0.25, -0.2) is 0 Å². The number of amides is 1. The van der Waals surface area contributed by atoms with Gasteiger partial charge in [0, 0.05) is 12.3 Å². The maximum absolute atomic E-state index is 11.7. The summed E-state index contributed by atoms with van der Waals surface area (Å²) in [4.78, 5) is 22.6. The van der Waals surface area contributed by atoms with E-state index in [4.69, 9.17) is 0 Å². The smallest absolute Gasteiger partial charge is 0.334 e. The summed E-state index contributed by atoms with van der Waals surface area (Å²) in [5.74, 6) is -1.12. The Kier molecular flexibility index (Phi) is 5.96. The summed E-state index contributed by atoms with van der Waals surface area (Å²) >= 11 is 0. The summed E-state index contributed by atoms with van der Waals surface area (Å²) in [7, 11) is -2.63. The van der Waals surface area contributed by atoms with Crippen molar-refractivity contribution < 1.29 is 14.3 Å². The highest BCUT2D eigenvalue weighted by Gasteiger charge is 2.27. The van der Waals surface area contributed by atoms with E-state index in [-0.39, 0.29) is 11.8 Å². The summed E-state index contributed by atoms with van der Waals surface area (Å²) in [6.45, 7) is 3.54.